The van der Waals surface area contributed by atoms with Crippen LogP contribution in [0.25, 0.3) is 0 Å². The van der Waals surface area contributed by atoms with Crippen molar-refractivity contribution < 1.29 is 15.3 Å². The minimum Gasteiger partial charge on any atom is -0.393 e. The number of hydrogen-bond acceptors (Lipinski definition) is 3. The fourth-order valence-corrected chi connectivity index (χ4v) is 8.28. The van der Waals surface area contributed by atoms with Gasteiger partial charge in [-0.15, -0.1) is 0 Å². The topological polar surface area (TPSA) is 60.7 Å². The van der Waals surface area contributed by atoms with Gasteiger partial charge in [0, 0.05) is 11.8 Å². The van der Waals surface area contributed by atoms with Gasteiger partial charge in [-0.05, 0) is 94.8 Å². The van der Waals surface area contributed by atoms with Crippen LogP contribution in [0.3, 0.4) is 0 Å². The maximum atomic E-state index is 11.6. The summed E-state index contributed by atoms with van der Waals surface area (Å²) >= 11 is 0. The molecular formula is C27H44O3. The van der Waals surface area contributed by atoms with Crippen molar-refractivity contribution in [1.82, 2.24) is 0 Å². The Morgan fingerprint density at radius 2 is 1.87 bits per heavy atom. The van der Waals surface area contributed by atoms with Crippen LogP contribution >= 0.6 is 0 Å². The molecule has 8 atom stereocenters. The molecule has 0 spiro atoms. The molecule has 0 heterocycles. The van der Waals surface area contributed by atoms with Gasteiger partial charge in [-0.1, -0.05) is 43.6 Å². The van der Waals surface area contributed by atoms with Gasteiger partial charge in [0.2, 0.25) is 0 Å². The Hall–Kier alpha value is -0.640. The zero-order chi connectivity index (χ0) is 21.9. The Labute approximate surface area is 183 Å². The Morgan fingerprint density at radius 3 is 2.57 bits per heavy atom. The van der Waals surface area contributed by atoms with E-state index < -0.39 is 17.8 Å². The van der Waals surface area contributed by atoms with Crippen molar-refractivity contribution >= 4 is 0 Å². The summed E-state index contributed by atoms with van der Waals surface area (Å²) in [6.45, 7) is 11.5. The van der Waals surface area contributed by atoms with E-state index in [1.165, 1.54) is 43.3 Å². The molecule has 0 aliphatic heterocycles. The number of fused-ring (bicyclic) bond motifs is 4. The SMILES string of the molecule is CC(C)=CCC[C@@H](C)[C@H]1CCC2=C3C[C@H](O)[C@@]4(O)C[C@@H](O)CC[C@]4(C)[C@H]3CC[C@@]21C. The van der Waals surface area contributed by atoms with Crippen molar-refractivity contribution in [2.75, 3.05) is 0 Å². The van der Waals surface area contributed by atoms with E-state index in [1.54, 1.807) is 5.57 Å². The maximum absolute atomic E-state index is 11.6. The first-order chi connectivity index (χ1) is 14.0. The first-order valence-electron chi connectivity index (χ1n) is 12.5. The van der Waals surface area contributed by atoms with Gasteiger partial charge in [-0.2, -0.15) is 0 Å². The largest absolute Gasteiger partial charge is 0.393 e. The van der Waals surface area contributed by atoms with E-state index in [1.807, 2.05) is 0 Å². The molecule has 4 aliphatic carbocycles. The van der Waals surface area contributed by atoms with Crippen molar-refractivity contribution in [3.05, 3.63) is 22.8 Å². The molecule has 0 aromatic heterocycles. The number of hydrogen-bond donors (Lipinski definition) is 3. The van der Waals surface area contributed by atoms with Gasteiger partial charge >= 0.3 is 0 Å². The average Bonchev–Trinajstić information content (AvgIpc) is 3.01. The van der Waals surface area contributed by atoms with Crippen molar-refractivity contribution in [2.24, 2.45) is 28.6 Å². The maximum Gasteiger partial charge on any atom is 0.0991 e. The monoisotopic (exact) mass is 416 g/mol. The van der Waals surface area contributed by atoms with Gasteiger partial charge in [-0.3, -0.25) is 0 Å². The molecule has 3 saturated carbocycles. The third kappa shape index (κ3) is 3.26. The van der Waals surface area contributed by atoms with E-state index in [0.717, 1.165) is 25.2 Å². The van der Waals surface area contributed by atoms with Crippen LogP contribution in [0.1, 0.15) is 98.8 Å². The number of rotatable bonds is 4. The molecule has 4 aliphatic rings. The highest BCUT2D eigenvalue weighted by Crippen LogP contribution is 2.66. The molecule has 3 nitrogen and oxygen atoms in total. The van der Waals surface area contributed by atoms with Crippen molar-refractivity contribution in [3.8, 4) is 0 Å². The highest BCUT2D eigenvalue weighted by Gasteiger charge is 2.64. The molecule has 3 heteroatoms. The Morgan fingerprint density at radius 1 is 1.13 bits per heavy atom. The fraction of sp³-hybridized carbons (Fsp3) is 0.852. The van der Waals surface area contributed by atoms with Crippen LogP contribution in [-0.4, -0.2) is 33.1 Å². The van der Waals surface area contributed by atoms with E-state index in [-0.39, 0.29) is 10.8 Å². The standard InChI is InChI=1S/C27H44O3/c1-17(2)7-6-8-18(3)21-9-10-22-20-15-24(29)27(30)16-19(28)11-14-26(27,5)23(20)12-13-25(21,22)4/h7,18-19,21,23-24,28-30H,6,8-16H2,1-5H3/t18-,19+,21-,23+,24+,25-,26-,27+/m1/s1. The van der Waals surface area contributed by atoms with E-state index in [4.69, 9.17) is 0 Å². The predicted molar refractivity (Wildman–Crippen MR) is 122 cm³/mol. The van der Waals surface area contributed by atoms with Gasteiger partial charge < -0.3 is 15.3 Å². The third-order valence-electron chi connectivity index (χ3n) is 10.1. The van der Waals surface area contributed by atoms with Crippen LogP contribution in [0.4, 0.5) is 0 Å². The summed E-state index contributed by atoms with van der Waals surface area (Å²) in [5.41, 5.74) is 3.32. The van der Waals surface area contributed by atoms with E-state index in [2.05, 4.69) is 40.7 Å². The van der Waals surface area contributed by atoms with Gasteiger partial charge in [-0.25, -0.2) is 0 Å². The lowest BCUT2D eigenvalue weighted by Crippen LogP contribution is -2.66. The summed E-state index contributed by atoms with van der Waals surface area (Å²) in [6.07, 6.45) is 10.8. The number of aliphatic hydroxyl groups excluding tert-OH is 2. The molecule has 0 bridgehead atoms. The molecule has 0 radical (unpaired) electrons. The first kappa shape index (κ1) is 22.6. The highest BCUT2D eigenvalue weighted by molar-refractivity contribution is 5.37. The van der Waals surface area contributed by atoms with Gasteiger partial charge in [0.05, 0.1) is 17.8 Å². The zero-order valence-electron chi connectivity index (χ0n) is 19.9. The van der Waals surface area contributed by atoms with Crippen LogP contribution in [0.15, 0.2) is 22.8 Å². The summed E-state index contributed by atoms with van der Waals surface area (Å²) in [7, 11) is 0. The molecule has 3 fully saturated rings. The molecule has 170 valence electrons. The first-order valence-corrected chi connectivity index (χ1v) is 12.5. The zero-order valence-corrected chi connectivity index (χ0v) is 19.9. The average molecular weight is 417 g/mol. The minimum absolute atomic E-state index is 0.260. The Bertz CT molecular complexity index is 734. The molecular weight excluding hydrogens is 372 g/mol. The lowest BCUT2D eigenvalue weighted by Gasteiger charge is -2.62. The number of allylic oxidation sites excluding steroid dienone is 3. The molecule has 0 unspecified atom stereocenters. The minimum atomic E-state index is -1.15. The lowest BCUT2D eigenvalue weighted by atomic mass is 9.46. The van der Waals surface area contributed by atoms with Crippen LogP contribution in [0.5, 0.6) is 0 Å². The molecule has 0 saturated heterocycles. The van der Waals surface area contributed by atoms with Crippen LogP contribution in [0, 0.1) is 28.6 Å². The lowest BCUT2D eigenvalue weighted by molar-refractivity contribution is -0.225. The molecule has 0 aromatic rings. The summed E-state index contributed by atoms with van der Waals surface area (Å²) in [4.78, 5) is 0. The second kappa shape index (κ2) is 7.74. The molecule has 3 N–H and O–H groups in total. The van der Waals surface area contributed by atoms with Crippen molar-refractivity contribution in [2.45, 2.75) is 117 Å². The Kier molecular flexibility index (Phi) is 5.82. The van der Waals surface area contributed by atoms with Crippen molar-refractivity contribution in [3.63, 3.8) is 0 Å². The fourth-order valence-electron chi connectivity index (χ4n) is 8.28. The smallest absolute Gasteiger partial charge is 0.0991 e. The van der Waals surface area contributed by atoms with Gasteiger partial charge in [0.25, 0.3) is 0 Å². The summed E-state index contributed by atoms with van der Waals surface area (Å²) in [5, 5.41) is 33.0. The second-order valence-corrected chi connectivity index (χ2v) is 12.0. The molecule has 0 amide bonds. The third-order valence-corrected chi connectivity index (χ3v) is 10.1. The molecule has 0 aromatic carbocycles. The Balaban J connectivity index is 1.63. The van der Waals surface area contributed by atoms with E-state index >= 15 is 0 Å². The summed E-state index contributed by atoms with van der Waals surface area (Å²) in [5.74, 6) is 1.80. The van der Waals surface area contributed by atoms with E-state index in [9.17, 15) is 15.3 Å². The second-order valence-electron chi connectivity index (χ2n) is 12.0. The molecule has 4 rings (SSSR count). The van der Waals surface area contributed by atoms with Crippen molar-refractivity contribution in [1.29, 1.82) is 0 Å². The normalized spacial score (nSPS) is 46.7. The van der Waals surface area contributed by atoms with Gasteiger partial charge in [0.1, 0.15) is 0 Å². The summed E-state index contributed by atoms with van der Waals surface area (Å²) in [6, 6.07) is 0. The summed E-state index contributed by atoms with van der Waals surface area (Å²) < 4.78 is 0. The molecule has 30 heavy (non-hydrogen) atoms. The van der Waals surface area contributed by atoms with E-state index in [0.29, 0.717) is 24.7 Å². The quantitative estimate of drug-likeness (QED) is 0.527. The van der Waals surface area contributed by atoms with Gasteiger partial charge in [0.15, 0.2) is 0 Å². The van der Waals surface area contributed by atoms with Crippen LogP contribution in [-0.2, 0) is 0 Å². The predicted octanol–water partition coefficient (Wildman–Crippen LogP) is 5.54. The van der Waals surface area contributed by atoms with Crippen LogP contribution in [0.2, 0.25) is 0 Å². The number of aliphatic hydroxyl groups is 3. The van der Waals surface area contributed by atoms with Crippen LogP contribution < -0.4 is 0 Å². The highest BCUT2D eigenvalue weighted by atomic mass is 16.3.